The van der Waals surface area contributed by atoms with Crippen LogP contribution < -0.4 is 16.0 Å². The molecule has 1 aromatic carbocycles. The van der Waals surface area contributed by atoms with Crippen LogP contribution in [0.2, 0.25) is 5.02 Å². The van der Waals surface area contributed by atoms with Gasteiger partial charge in [-0.2, -0.15) is 0 Å². The highest BCUT2D eigenvalue weighted by molar-refractivity contribution is 7.92. The van der Waals surface area contributed by atoms with Crippen LogP contribution in [0.3, 0.4) is 0 Å². The molecule has 0 aliphatic carbocycles. The Hall–Kier alpha value is -1.97. The fourth-order valence-corrected chi connectivity index (χ4v) is 2.42. The Balaban J connectivity index is 2.27. The molecule has 0 spiro atoms. The molecule has 0 aliphatic rings. The lowest BCUT2D eigenvalue weighted by Gasteiger charge is -2.08. The largest absolute Gasteiger partial charge is 0.292 e. The Morgan fingerprint density at radius 1 is 1.25 bits per heavy atom. The average molecular weight is 318 g/mol. The number of nitrogens with zero attached hydrogens (tertiary/aromatic N) is 2. The van der Waals surface area contributed by atoms with Gasteiger partial charge in [0.1, 0.15) is 10.7 Å². The predicted octanol–water partition coefficient (Wildman–Crippen LogP) is 1.36. The number of halogens is 2. The summed E-state index contributed by atoms with van der Waals surface area (Å²) in [6.07, 6.45) is 2.16. The first-order valence-corrected chi connectivity index (χ1v) is 7.05. The molecule has 10 heteroatoms. The first kappa shape index (κ1) is 14.4. The van der Waals surface area contributed by atoms with E-state index in [0.717, 1.165) is 24.5 Å². The quantitative estimate of drug-likeness (QED) is 0.580. The fraction of sp³-hybridized carbons (Fsp3) is 0. The smallest absolute Gasteiger partial charge is 0.264 e. The first-order chi connectivity index (χ1) is 9.42. The molecule has 0 fully saturated rings. The molecule has 0 radical (unpaired) electrons. The molecule has 0 amide bonds. The zero-order valence-corrected chi connectivity index (χ0v) is 11.4. The fourth-order valence-electron chi connectivity index (χ4n) is 1.30. The number of aromatic nitrogens is 2. The minimum Gasteiger partial charge on any atom is -0.292 e. The highest BCUT2D eigenvalue weighted by Gasteiger charge is 2.16. The molecule has 0 saturated carbocycles. The van der Waals surface area contributed by atoms with Crippen molar-refractivity contribution in [3.8, 4) is 0 Å². The van der Waals surface area contributed by atoms with E-state index in [1.54, 1.807) is 0 Å². The van der Waals surface area contributed by atoms with Gasteiger partial charge in [-0.15, -0.1) is 0 Å². The van der Waals surface area contributed by atoms with Crippen molar-refractivity contribution in [3.05, 3.63) is 41.4 Å². The molecule has 1 heterocycles. The van der Waals surface area contributed by atoms with E-state index in [1.165, 1.54) is 6.07 Å². The highest BCUT2D eigenvalue weighted by atomic mass is 35.5. The van der Waals surface area contributed by atoms with Gasteiger partial charge in [-0.05, 0) is 18.2 Å². The molecule has 1 aromatic heterocycles. The lowest BCUT2D eigenvalue weighted by Crippen LogP contribution is -2.15. The van der Waals surface area contributed by atoms with E-state index >= 15 is 0 Å². The number of nitrogens with two attached hydrogens (primary N) is 1. The molecule has 106 valence electrons. The predicted molar refractivity (Wildman–Crippen MR) is 72.1 cm³/mol. The topological polar surface area (TPSA) is 110 Å². The van der Waals surface area contributed by atoms with Crippen LogP contribution in [0.4, 0.5) is 16.0 Å². The van der Waals surface area contributed by atoms with Gasteiger partial charge in [-0.25, -0.2) is 28.6 Å². The van der Waals surface area contributed by atoms with Crippen molar-refractivity contribution in [2.24, 2.45) is 5.84 Å². The summed E-state index contributed by atoms with van der Waals surface area (Å²) >= 11 is 5.57. The second-order valence-electron chi connectivity index (χ2n) is 3.62. The first-order valence-electron chi connectivity index (χ1n) is 5.19. The van der Waals surface area contributed by atoms with Crippen LogP contribution in [-0.4, -0.2) is 18.4 Å². The zero-order valence-electron chi connectivity index (χ0n) is 9.84. The zero-order chi connectivity index (χ0) is 14.8. The number of nitrogen functional groups attached to an aromatic ring is 1. The van der Waals surface area contributed by atoms with Gasteiger partial charge in [0.2, 0.25) is 5.95 Å². The van der Waals surface area contributed by atoms with Gasteiger partial charge in [0.25, 0.3) is 10.0 Å². The number of hydrazine groups is 1. The Labute approximate surface area is 119 Å². The summed E-state index contributed by atoms with van der Waals surface area (Å²) in [6.45, 7) is 0. The van der Waals surface area contributed by atoms with Gasteiger partial charge in [-0.1, -0.05) is 11.6 Å². The third kappa shape index (κ3) is 3.13. The van der Waals surface area contributed by atoms with E-state index in [-0.39, 0.29) is 21.6 Å². The average Bonchev–Trinajstić information content (AvgIpc) is 2.43. The second-order valence-corrected chi connectivity index (χ2v) is 5.71. The van der Waals surface area contributed by atoms with Crippen LogP contribution in [0.1, 0.15) is 0 Å². The molecule has 20 heavy (non-hydrogen) atoms. The Morgan fingerprint density at radius 3 is 2.45 bits per heavy atom. The van der Waals surface area contributed by atoms with Crippen molar-refractivity contribution in [3.63, 3.8) is 0 Å². The van der Waals surface area contributed by atoms with Crippen LogP contribution in [-0.2, 0) is 10.0 Å². The van der Waals surface area contributed by atoms with Crippen molar-refractivity contribution >= 4 is 33.3 Å². The summed E-state index contributed by atoms with van der Waals surface area (Å²) < 4.78 is 39.3. The van der Waals surface area contributed by atoms with Crippen LogP contribution in [0.15, 0.2) is 35.5 Å². The maximum absolute atomic E-state index is 13.0. The van der Waals surface area contributed by atoms with E-state index in [1.807, 2.05) is 0 Å². The van der Waals surface area contributed by atoms with Crippen LogP contribution in [0.5, 0.6) is 0 Å². The molecule has 0 unspecified atom stereocenters. The summed E-state index contributed by atoms with van der Waals surface area (Å²) in [4.78, 5) is 7.20. The van der Waals surface area contributed by atoms with Crippen molar-refractivity contribution < 1.29 is 12.8 Å². The lowest BCUT2D eigenvalue weighted by molar-refractivity contribution is 0.600. The minimum absolute atomic E-state index is 0.0776. The van der Waals surface area contributed by atoms with Crippen molar-refractivity contribution in [2.45, 2.75) is 4.90 Å². The van der Waals surface area contributed by atoms with E-state index in [9.17, 15) is 12.8 Å². The summed E-state index contributed by atoms with van der Waals surface area (Å²) in [6, 6.07) is 3.46. The Bertz CT molecular complexity index is 723. The molecular weight excluding hydrogens is 309 g/mol. The van der Waals surface area contributed by atoms with E-state index in [0.29, 0.717) is 0 Å². The summed E-state index contributed by atoms with van der Waals surface area (Å²) in [7, 11) is -3.89. The SMILES string of the molecule is NNc1ncc(S(=O)(=O)Nc2ccc(F)c(Cl)c2)cn1. The minimum atomic E-state index is -3.89. The maximum Gasteiger partial charge on any atom is 0.264 e. The molecule has 0 atom stereocenters. The van der Waals surface area contributed by atoms with Gasteiger partial charge in [0.15, 0.2) is 0 Å². The standard InChI is InChI=1S/C10H9ClFN5O2S/c11-8-3-6(1-2-9(8)12)17-20(18,19)7-4-14-10(16-13)15-5-7/h1-5,17H,13H2,(H,14,15,16). The van der Waals surface area contributed by atoms with Crippen molar-refractivity contribution in [1.29, 1.82) is 0 Å². The molecule has 2 rings (SSSR count). The molecule has 7 nitrogen and oxygen atoms in total. The molecule has 0 aliphatic heterocycles. The summed E-state index contributed by atoms with van der Waals surface area (Å²) in [5.74, 6) is 4.51. The van der Waals surface area contributed by atoms with E-state index < -0.39 is 15.8 Å². The van der Waals surface area contributed by atoms with Gasteiger partial charge >= 0.3 is 0 Å². The van der Waals surface area contributed by atoms with Crippen LogP contribution in [0.25, 0.3) is 0 Å². The number of rotatable bonds is 4. The molecule has 0 bridgehead atoms. The summed E-state index contributed by atoms with van der Waals surface area (Å²) in [5, 5.41) is -0.191. The third-order valence-corrected chi connectivity index (χ3v) is 3.86. The van der Waals surface area contributed by atoms with Crippen LogP contribution in [0, 0.1) is 5.82 Å². The van der Waals surface area contributed by atoms with E-state index in [2.05, 4.69) is 20.1 Å². The molecule has 2 aromatic rings. The normalized spacial score (nSPS) is 11.2. The molecule has 0 saturated heterocycles. The number of hydrogen-bond donors (Lipinski definition) is 3. The van der Waals surface area contributed by atoms with Crippen LogP contribution >= 0.6 is 11.6 Å². The van der Waals surface area contributed by atoms with Gasteiger partial charge in [0, 0.05) is 0 Å². The maximum atomic E-state index is 13.0. The van der Waals surface area contributed by atoms with E-state index in [4.69, 9.17) is 17.4 Å². The Morgan fingerprint density at radius 2 is 1.90 bits per heavy atom. The van der Waals surface area contributed by atoms with Gasteiger partial charge in [0.05, 0.1) is 23.1 Å². The number of hydrogen-bond acceptors (Lipinski definition) is 6. The highest BCUT2D eigenvalue weighted by Crippen LogP contribution is 2.21. The molecular formula is C10H9ClFN5O2S. The number of nitrogens with one attached hydrogen (secondary N) is 2. The van der Waals surface area contributed by atoms with Crippen molar-refractivity contribution in [1.82, 2.24) is 9.97 Å². The number of anilines is 2. The van der Waals surface area contributed by atoms with Gasteiger partial charge < -0.3 is 0 Å². The molecule has 4 N–H and O–H groups in total. The third-order valence-electron chi connectivity index (χ3n) is 2.24. The monoisotopic (exact) mass is 317 g/mol. The Kier molecular flexibility index (Phi) is 4.02. The van der Waals surface area contributed by atoms with Crippen molar-refractivity contribution in [2.75, 3.05) is 10.1 Å². The van der Waals surface area contributed by atoms with Gasteiger partial charge in [-0.3, -0.25) is 10.1 Å². The lowest BCUT2D eigenvalue weighted by atomic mass is 10.3. The number of sulfonamides is 1. The summed E-state index contributed by atoms with van der Waals surface area (Å²) in [5.41, 5.74) is 2.30. The number of benzene rings is 1. The second kappa shape index (κ2) is 5.57.